The van der Waals surface area contributed by atoms with Gasteiger partial charge in [-0.3, -0.25) is 9.98 Å². The maximum absolute atomic E-state index is 11.4. The molecule has 1 N–H and O–H groups in total. The van der Waals surface area contributed by atoms with Crippen molar-refractivity contribution in [2.45, 2.75) is 52.6 Å². The minimum atomic E-state index is -1.21. The van der Waals surface area contributed by atoms with Crippen LogP contribution in [0.1, 0.15) is 51.7 Å². The molecule has 0 spiro atoms. The van der Waals surface area contributed by atoms with Gasteiger partial charge >= 0.3 is 22.7 Å². The standard InChI is InChI=1S/2C13H17NO3.Co/c2*1-9(2)7-11(13(16)17)14-8-10-5-3-4-6-12(10)15;/h2*3-6,8-9,11,15H,7H2,1-2H3,(H,16,17);/q;;+3/p-3/t2*11-;/m00./s1. The van der Waals surface area contributed by atoms with E-state index in [0.717, 1.165) is 0 Å². The van der Waals surface area contributed by atoms with Gasteiger partial charge < -0.3 is 25.2 Å². The van der Waals surface area contributed by atoms with Crippen LogP contribution in [0.5, 0.6) is 11.5 Å². The number of carboxylic acids is 2. The summed E-state index contributed by atoms with van der Waals surface area (Å²) in [5.74, 6) is -2.03. The van der Waals surface area contributed by atoms with E-state index in [1.165, 1.54) is 24.6 Å². The number of hydrogen-bond donors (Lipinski definition) is 1. The molecule has 2 aromatic carbocycles. The molecule has 190 valence electrons. The van der Waals surface area contributed by atoms with Gasteiger partial charge in [0.25, 0.3) is 0 Å². The first kappa shape index (κ1) is 31.8. The first-order valence-electron chi connectivity index (χ1n) is 11.0. The summed E-state index contributed by atoms with van der Waals surface area (Å²) in [4.78, 5) is 29.7. The zero-order chi connectivity index (χ0) is 25.7. The summed E-state index contributed by atoms with van der Waals surface area (Å²) in [6.45, 7) is 7.69. The van der Waals surface area contributed by atoms with Crippen molar-refractivity contribution < 1.29 is 46.8 Å². The predicted molar refractivity (Wildman–Crippen MR) is 126 cm³/mol. The van der Waals surface area contributed by atoms with Crippen LogP contribution in [0, 0.1) is 11.8 Å². The molecule has 0 amide bonds. The number of para-hydroxylation sites is 2. The van der Waals surface area contributed by atoms with Gasteiger partial charge in [-0.2, -0.15) is 0 Å². The summed E-state index contributed by atoms with van der Waals surface area (Å²) in [7, 11) is 0. The quantitative estimate of drug-likeness (QED) is 0.469. The third-order valence-corrected chi connectivity index (χ3v) is 4.57. The van der Waals surface area contributed by atoms with Crippen LogP contribution in [0.3, 0.4) is 0 Å². The zero-order valence-electron chi connectivity index (χ0n) is 20.2. The summed E-state index contributed by atoms with van der Waals surface area (Å²) >= 11 is 0. The number of carbonyl (C=O) groups is 2. The molecule has 0 unspecified atom stereocenters. The molecule has 0 heterocycles. The maximum atomic E-state index is 11.4. The molecule has 0 aliphatic heterocycles. The molecule has 0 saturated carbocycles. The number of aliphatic carboxylic acids is 2. The van der Waals surface area contributed by atoms with E-state index in [-0.39, 0.29) is 40.1 Å². The number of aliphatic imine (C=N–C) groups is 2. The van der Waals surface area contributed by atoms with Gasteiger partial charge in [0.05, 0.1) is 12.0 Å². The van der Waals surface area contributed by atoms with Crippen LogP contribution >= 0.6 is 0 Å². The molecule has 0 aromatic heterocycles. The van der Waals surface area contributed by atoms with Crippen LogP contribution in [0.25, 0.3) is 0 Å². The van der Waals surface area contributed by atoms with Crippen molar-refractivity contribution in [3.8, 4) is 11.5 Å². The Kier molecular flexibility index (Phi) is 15.0. The van der Waals surface area contributed by atoms with E-state index in [4.69, 9.17) is 5.11 Å². The average molecular weight is 526 g/mol. The van der Waals surface area contributed by atoms with Crippen molar-refractivity contribution in [3.05, 3.63) is 59.7 Å². The molecule has 8 nitrogen and oxygen atoms in total. The molecule has 0 fully saturated rings. The third kappa shape index (κ3) is 12.7. The van der Waals surface area contributed by atoms with E-state index in [9.17, 15) is 24.9 Å². The minimum Gasteiger partial charge on any atom is -0.872 e. The Balaban J connectivity index is 0.000000642. The normalized spacial score (nSPS) is 12.7. The molecule has 0 aliphatic carbocycles. The van der Waals surface area contributed by atoms with Crippen LogP contribution in [-0.4, -0.2) is 41.6 Å². The third-order valence-electron chi connectivity index (χ3n) is 4.57. The van der Waals surface area contributed by atoms with Crippen molar-refractivity contribution in [2.75, 3.05) is 0 Å². The molecular formula is C26H31CoN2O6. The Bertz CT molecular complexity index is 912. The molecule has 2 aromatic rings. The Morgan fingerprint density at radius 3 is 1.51 bits per heavy atom. The number of hydrogen-bond acceptors (Lipinski definition) is 7. The monoisotopic (exact) mass is 526 g/mol. The van der Waals surface area contributed by atoms with E-state index in [0.29, 0.717) is 24.0 Å². The Hall–Kier alpha value is -3.17. The van der Waals surface area contributed by atoms with Crippen molar-refractivity contribution in [1.82, 2.24) is 0 Å². The smallest absolute Gasteiger partial charge is 0.872 e. The zero-order valence-corrected chi connectivity index (χ0v) is 21.3. The van der Waals surface area contributed by atoms with E-state index in [1.54, 1.807) is 36.4 Å². The predicted octanol–water partition coefficient (Wildman–Crippen LogP) is 2.02. The first-order chi connectivity index (χ1) is 16.0. The maximum Gasteiger partial charge on any atom is 3.00 e. The van der Waals surface area contributed by atoms with Gasteiger partial charge in [0.2, 0.25) is 0 Å². The van der Waals surface area contributed by atoms with Crippen LogP contribution in [0.15, 0.2) is 58.5 Å². The molecule has 0 bridgehead atoms. The first-order valence-corrected chi connectivity index (χ1v) is 11.0. The topological polar surface area (TPSA) is 148 Å². The van der Waals surface area contributed by atoms with Gasteiger partial charge in [-0.05, 0) is 35.8 Å². The molecular weight excluding hydrogens is 495 g/mol. The molecule has 9 heteroatoms. The summed E-state index contributed by atoms with van der Waals surface area (Å²) in [5.41, 5.74) is 0.810. The van der Waals surface area contributed by atoms with Crippen molar-refractivity contribution in [1.29, 1.82) is 0 Å². The van der Waals surface area contributed by atoms with Crippen LogP contribution < -0.4 is 15.3 Å². The number of carbonyl (C=O) groups excluding carboxylic acids is 1. The van der Waals surface area contributed by atoms with Crippen molar-refractivity contribution >= 4 is 24.4 Å². The SMILES string of the molecule is CC(C)C[C@H](N=Cc1ccccc1[O-])C(=O)O.CC(C)C[C@H](N=Cc1ccccc1[O-])C(=O)[O-].[Co+3]. The van der Waals surface area contributed by atoms with E-state index in [1.807, 2.05) is 27.7 Å². The van der Waals surface area contributed by atoms with Gasteiger partial charge in [-0.15, -0.1) is 11.5 Å². The Morgan fingerprint density at radius 2 is 1.17 bits per heavy atom. The molecule has 35 heavy (non-hydrogen) atoms. The summed E-state index contributed by atoms with van der Waals surface area (Å²) in [5, 5.41) is 42.6. The molecule has 0 aliphatic rings. The fourth-order valence-electron chi connectivity index (χ4n) is 2.85. The van der Waals surface area contributed by atoms with Gasteiger partial charge in [0, 0.05) is 12.4 Å². The second-order valence-electron chi connectivity index (χ2n) is 8.58. The molecule has 0 saturated heterocycles. The second kappa shape index (κ2) is 16.5. The van der Waals surface area contributed by atoms with Gasteiger partial charge in [-0.25, -0.2) is 4.79 Å². The molecule has 0 radical (unpaired) electrons. The fraction of sp³-hybridized carbons (Fsp3) is 0.385. The van der Waals surface area contributed by atoms with E-state index in [2.05, 4.69) is 9.98 Å². The molecule has 2 atom stereocenters. The van der Waals surface area contributed by atoms with E-state index < -0.39 is 24.0 Å². The van der Waals surface area contributed by atoms with Crippen molar-refractivity contribution in [2.24, 2.45) is 21.8 Å². The average Bonchev–Trinajstić information content (AvgIpc) is 2.75. The van der Waals surface area contributed by atoms with Gasteiger partial charge in [0.15, 0.2) is 0 Å². The Morgan fingerprint density at radius 1 is 0.800 bits per heavy atom. The van der Waals surface area contributed by atoms with Crippen LogP contribution in [0.2, 0.25) is 0 Å². The van der Waals surface area contributed by atoms with Crippen LogP contribution in [0.4, 0.5) is 0 Å². The fourth-order valence-corrected chi connectivity index (χ4v) is 2.85. The largest absolute Gasteiger partial charge is 3.00 e. The van der Waals surface area contributed by atoms with Crippen molar-refractivity contribution in [3.63, 3.8) is 0 Å². The summed E-state index contributed by atoms with van der Waals surface area (Å²) in [6, 6.07) is 11.1. The van der Waals surface area contributed by atoms with Gasteiger partial charge in [-0.1, -0.05) is 76.2 Å². The minimum absolute atomic E-state index is 0. The van der Waals surface area contributed by atoms with E-state index >= 15 is 0 Å². The number of rotatable bonds is 10. The summed E-state index contributed by atoms with van der Waals surface area (Å²) in [6.07, 6.45) is 3.53. The number of nitrogens with zero attached hydrogens (tertiary/aromatic N) is 2. The van der Waals surface area contributed by atoms with Gasteiger partial charge in [0.1, 0.15) is 6.04 Å². The molecule has 2 rings (SSSR count). The summed E-state index contributed by atoms with van der Waals surface area (Å²) < 4.78 is 0. The number of carboxylic acid groups (broad SMARTS) is 2. The Labute approximate surface area is 216 Å². The van der Waals surface area contributed by atoms with Crippen LogP contribution in [-0.2, 0) is 26.4 Å². The second-order valence-corrected chi connectivity index (χ2v) is 8.58. The number of benzene rings is 2.